The van der Waals surface area contributed by atoms with Crippen molar-refractivity contribution >= 4 is 29.3 Å². The third kappa shape index (κ3) is 4.13. The second-order valence-electron chi connectivity index (χ2n) is 9.12. The molecule has 0 bridgehead atoms. The SMILES string of the molecule is CC(C)CC[N+]1=C(CN2CCN(c3ccccc3F)CC2)N=C2C1C(=O)N(C)C(=O)N2C. The molecule has 2 saturated heterocycles. The number of amidine groups is 2. The van der Waals surface area contributed by atoms with Gasteiger partial charge in [0.2, 0.25) is 0 Å². The zero-order chi connectivity index (χ0) is 23.0. The van der Waals surface area contributed by atoms with Gasteiger partial charge in [0.05, 0.1) is 12.2 Å². The molecule has 8 nitrogen and oxygen atoms in total. The number of halogens is 1. The molecule has 1 unspecified atom stereocenters. The highest BCUT2D eigenvalue weighted by Crippen LogP contribution is 2.22. The van der Waals surface area contributed by atoms with Crippen molar-refractivity contribution in [2.24, 2.45) is 10.9 Å². The van der Waals surface area contributed by atoms with Crippen LogP contribution in [0.1, 0.15) is 20.3 Å². The van der Waals surface area contributed by atoms with Crippen LogP contribution in [0.4, 0.5) is 14.9 Å². The van der Waals surface area contributed by atoms with Crippen molar-refractivity contribution < 1.29 is 18.6 Å². The predicted octanol–water partition coefficient (Wildman–Crippen LogP) is 1.71. The monoisotopic (exact) mass is 443 g/mol. The fourth-order valence-electron chi connectivity index (χ4n) is 4.49. The van der Waals surface area contributed by atoms with Gasteiger partial charge in [-0.05, 0) is 29.5 Å². The maximum Gasteiger partial charge on any atom is 0.333 e. The first-order valence-corrected chi connectivity index (χ1v) is 11.3. The third-order valence-corrected chi connectivity index (χ3v) is 6.49. The summed E-state index contributed by atoms with van der Waals surface area (Å²) in [7, 11) is 3.20. The third-order valence-electron chi connectivity index (χ3n) is 6.49. The number of urea groups is 1. The minimum absolute atomic E-state index is 0.197. The molecule has 3 aliphatic rings. The molecule has 0 spiro atoms. The van der Waals surface area contributed by atoms with E-state index in [1.54, 1.807) is 13.1 Å². The van der Waals surface area contributed by atoms with E-state index in [1.165, 1.54) is 22.9 Å². The first-order chi connectivity index (χ1) is 15.3. The Balaban J connectivity index is 1.52. The average molecular weight is 444 g/mol. The number of nitrogens with zero attached hydrogens (tertiary/aromatic N) is 6. The normalized spacial score (nSPS) is 22.2. The van der Waals surface area contributed by atoms with Gasteiger partial charge in [-0.15, -0.1) is 0 Å². The van der Waals surface area contributed by atoms with Crippen molar-refractivity contribution in [2.45, 2.75) is 26.3 Å². The maximum absolute atomic E-state index is 14.2. The van der Waals surface area contributed by atoms with Crippen molar-refractivity contribution in [3.05, 3.63) is 30.1 Å². The summed E-state index contributed by atoms with van der Waals surface area (Å²) < 4.78 is 16.2. The van der Waals surface area contributed by atoms with E-state index in [1.807, 2.05) is 12.1 Å². The number of hydrogen-bond donors (Lipinski definition) is 0. The number of fused-ring (bicyclic) bond motifs is 1. The molecule has 1 aromatic carbocycles. The Labute approximate surface area is 188 Å². The zero-order valence-electron chi connectivity index (χ0n) is 19.3. The van der Waals surface area contributed by atoms with E-state index in [0.29, 0.717) is 30.5 Å². The molecular weight excluding hydrogens is 411 g/mol. The largest absolute Gasteiger partial charge is 0.367 e. The van der Waals surface area contributed by atoms with Gasteiger partial charge in [0.1, 0.15) is 12.4 Å². The van der Waals surface area contributed by atoms with Crippen molar-refractivity contribution in [2.75, 3.05) is 58.3 Å². The summed E-state index contributed by atoms with van der Waals surface area (Å²) in [6.07, 6.45) is 0.929. The van der Waals surface area contributed by atoms with E-state index < -0.39 is 6.04 Å². The van der Waals surface area contributed by atoms with Gasteiger partial charge in [-0.2, -0.15) is 0 Å². The minimum atomic E-state index is -0.545. The van der Waals surface area contributed by atoms with E-state index in [9.17, 15) is 14.0 Å². The summed E-state index contributed by atoms with van der Waals surface area (Å²) in [6.45, 7) is 8.61. The molecular formula is C23H32FN6O2+. The molecule has 0 N–H and O–H groups in total. The van der Waals surface area contributed by atoms with Crippen LogP contribution in [0, 0.1) is 11.7 Å². The number of aliphatic imine (C=N–C) groups is 1. The number of para-hydroxylation sites is 1. The maximum atomic E-state index is 14.2. The van der Waals surface area contributed by atoms with Crippen molar-refractivity contribution in [3.63, 3.8) is 0 Å². The number of piperazine rings is 1. The highest BCUT2D eigenvalue weighted by molar-refractivity contribution is 6.23. The standard InChI is InChI=1S/C23H32FN6O2/c1-16(2)9-10-30-19(25-21-20(30)22(31)27(4)23(32)26(21)3)15-28-11-13-29(14-12-28)18-8-6-5-7-17(18)24/h5-8,16,20H,9-15H2,1-4H3/q+1. The summed E-state index contributed by atoms with van der Waals surface area (Å²) in [5, 5.41) is 0. The number of carbonyl (C=O) groups is 2. The number of carbonyl (C=O) groups excluding carboxylic acids is 2. The highest BCUT2D eigenvalue weighted by atomic mass is 19.1. The number of amides is 3. The smallest absolute Gasteiger partial charge is 0.333 e. The van der Waals surface area contributed by atoms with Crippen molar-refractivity contribution in [1.82, 2.24) is 14.7 Å². The molecule has 1 atom stereocenters. The summed E-state index contributed by atoms with van der Waals surface area (Å²) in [4.78, 5) is 37.2. The highest BCUT2D eigenvalue weighted by Gasteiger charge is 2.53. The first kappa shape index (κ1) is 22.4. The Bertz CT molecular complexity index is 967. The van der Waals surface area contributed by atoms with E-state index in [0.717, 1.165) is 38.4 Å². The Morgan fingerprint density at radius 2 is 1.78 bits per heavy atom. The lowest BCUT2D eigenvalue weighted by molar-refractivity contribution is -0.537. The molecule has 9 heteroatoms. The fraction of sp³-hybridized carbons (Fsp3) is 0.565. The Morgan fingerprint density at radius 1 is 1.09 bits per heavy atom. The van der Waals surface area contributed by atoms with Crippen molar-refractivity contribution in [1.29, 1.82) is 0 Å². The Morgan fingerprint density at radius 3 is 2.44 bits per heavy atom. The lowest BCUT2D eigenvalue weighted by Crippen LogP contribution is -2.61. The van der Waals surface area contributed by atoms with Crippen LogP contribution in [0.15, 0.2) is 29.3 Å². The van der Waals surface area contributed by atoms with Crippen LogP contribution in [0.2, 0.25) is 0 Å². The van der Waals surface area contributed by atoms with Crippen LogP contribution in [0.25, 0.3) is 0 Å². The quantitative estimate of drug-likeness (QED) is 0.628. The van der Waals surface area contributed by atoms with Gasteiger partial charge in [0, 0.05) is 40.3 Å². The van der Waals surface area contributed by atoms with Crippen LogP contribution < -0.4 is 4.90 Å². The van der Waals surface area contributed by atoms with Gasteiger partial charge in [0.25, 0.3) is 17.8 Å². The summed E-state index contributed by atoms with van der Waals surface area (Å²) in [6, 6.07) is 5.97. The molecule has 4 rings (SSSR count). The molecule has 32 heavy (non-hydrogen) atoms. The molecule has 3 aliphatic heterocycles. The number of likely N-dealkylation sites (N-methyl/N-ethyl adjacent to an activating group) is 2. The number of rotatable bonds is 6. The minimum Gasteiger partial charge on any atom is -0.367 e. The number of imide groups is 1. The molecule has 172 valence electrons. The van der Waals surface area contributed by atoms with Crippen LogP contribution in [-0.2, 0) is 4.79 Å². The number of benzene rings is 1. The summed E-state index contributed by atoms with van der Waals surface area (Å²) in [5.74, 6) is 1.40. The second-order valence-corrected chi connectivity index (χ2v) is 9.12. The van der Waals surface area contributed by atoms with Gasteiger partial charge in [-0.1, -0.05) is 26.0 Å². The molecule has 0 aromatic heterocycles. The molecule has 0 aliphatic carbocycles. The van der Waals surface area contributed by atoms with Gasteiger partial charge < -0.3 is 4.90 Å². The molecule has 0 radical (unpaired) electrons. The number of anilines is 1. The fourth-order valence-corrected chi connectivity index (χ4v) is 4.49. The molecule has 2 fully saturated rings. The van der Waals surface area contributed by atoms with Crippen LogP contribution in [0.3, 0.4) is 0 Å². The molecule has 3 heterocycles. The lowest BCUT2D eigenvalue weighted by atomic mass is 10.1. The molecule has 1 aromatic rings. The van der Waals surface area contributed by atoms with Gasteiger partial charge >= 0.3 is 11.9 Å². The lowest BCUT2D eigenvalue weighted by Gasteiger charge is -2.35. The van der Waals surface area contributed by atoms with Gasteiger partial charge in [0.15, 0.2) is 0 Å². The summed E-state index contributed by atoms with van der Waals surface area (Å²) >= 11 is 0. The first-order valence-electron chi connectivity index (χ1n) is 11.3. The van der Waals surface area contributed by atoms with E-state index >= 15 is 0 Å². The van der Waals surface area contributed by atoms with Crippen LogP contribution >= 0.6 is 0 Å². The Kier molecular flexibility index (Phi) is 6.28. The zero-order valence-corrected chi connectivity index (χ0v) is 19.3. The van der Waals surface area contributed by atoms with Gasteiger partial charge in [-0.25, -0.2) is 13.8 Å². The van der Waals surface area contributed by atoms with Crippen molar-refractivity contribution in [3.8, 4) is 0 Å². The van der Waals surface area contributed by atoms with E-state index in [4.69, 9.17) is 4.99 Å². The average Bonchev–Trinajstić information content (AvgIpc) is 3.14. The summed E-state index contributed by atoms with van der Waals surface area (Å²) in [5.41, 5.74) is 0.638. The van der Waals surface area contributed by atoms with Crippen LogP contribution in [0.5, 0.6) is 0 Å². The second kappa shape index (κ2) is 8.97. The molecule has 3 amide bonds. The topological polar surface area (TPSA) is 62.5 Å². The number of hydrogen-bond acceptors (Lipinski definition) is 5. The van der Waals surface area contributed by atoms with Gasteiger partial charge in [-0.3, -0.25) is 19.5 Å². The molecule has 0 saturated carbocycles. The Hall–Kier alpha value is -2.81. The van der Waals surface area contributed by atoms with E-state index in [-0.39, 0.29) is 17.8 Å². The van der Waals surface area contributed by atoms with E-state index in [2.05, 4.69) is 28.2 Å². The van der Waals surface area contributed by atoms with Crippen LogP contribution in [-0.4, -0.2) is 102 Å². The predicted molar refractivity (Wildman–Crippen MR) is 122 cm³/mol.